The van der Waals surface area contributed by atoms with E-state index in [0.717, 1.165) is 19.1 Å². The van der Waals surface area contributed by atoms with Gasteiger partial charge in [-0.15, -0.1) is 0 Å². The molecular formula is C16H26N2. The van der Waals surface area contributed by atoms with E-state index >= 15 is 0 Å². The molecule has 2 heteroatoms. The number of nitrogens with zero attached hydrogens (tertiary/aromatic N) is 1. The molecule has 1 atom stereocenters. The Balaban J connectivity index is 2.07. The zero-order valence-corrected chi connectivity index (χ0v) is 11.8. The van der Waals surface area contributed by atoms with Crippen molar-refractivity contribution in [3.63, 3.8) is 0 Å². The fraction of sp³-hybridized carbons (Fsp3) is 0.625. The molecule has 1 aromatic carbocycles. The summed E-state index contributed by atoms with van der Waals surface area (Å²) in [4.78, 5) is 2.65. The van der Waals surface area contributed by atoms with Gasteiger partial charge < -0.3 is 5.32 Å². The van der Waals surface area contributed by atoms with Crippen molar-refractivity contribution in [2.75, 3.05) is 13.6 Å². The van der Waals surface area contributed by atoms with Crippen molar-refractivity contribution < 1.29 is 0 Å². The van der Waals surface area contributed by atoms with Crippen LogP contribution in [0.25, 0.3) is 0 Å². The molecule has 2 nitrogen and oxygen atoms in total. The molecule has 0 bridgehead atoms. The first-order valence-corrected chi connectivity index (χ1v) is 7.26. The summed E-state index contributed by atoms with van der Waals surface area (Å²) in [5.41, 5.74) is 2.93. The number of hydrogen-bond acceptors (Lipinski definition) is 2. The number of nitrogens with one attached hydrogen (secondary N) is 1. The minimum atomic E-state index is 0.732. The number of hydrogen-bond donors (Lipinski definition) is 1. The van der Waals surface area contributed by atoms with Crippen molar-refractivity contribution in [2.45, 2.75) is 51.7 Å². The van der Waals surface area contributed by atoms with Crippen LogP contribution in [-0.2, 0) is 13.1 Å². The molecule has 0 aromatic heterocycles. The van der Waals surface area contributed by atoms with Gasteiger partial charge in [-0.2, -0.15) is 0 Å². The largest absolute Gasteiger partial charge is 0.316 e. The highest BCUT2D eigenvalue weighted by molar-refractivity contribution is 5.27. The van der Waals surface area contributed by atoms with E-state index < -0.39 is 0 Å². The number of rotatable bonds is 4. The van der Waals surface area contributed by atoms with Crippen molar-refractivity contribution in [2.24, 2.45) is 0 Å². The lowest BCUT2D eigenvalue weighted by Gasteiger charge is -2.27. The normalized spacial score (nSPS) is 21.8. The lowest BCUT2D eigenvalue weighted by Crippen LogP contribution is -2.32. The Morgan fingerprint density at radius 2 is 1.94 bits per heavy atom. The Bertz CT molecular complexity index is 362. The zero-order chi connectivity index (χ0) is 12.8. The average Bonchev–Trinajstić information content (AvgIpc) is 2.58. The van der Waals surface area contributed by atoms with Gasteiger partial charge >= 0.3 is 0 Å². The Morgan fingerprint density at radius 3 is 2.72 bits per heavy atom. The Morgan fingerprint density at radius 1 is 1.17 bits per heavy atom. The molecule has 1 aromatic rings. The molecular weight excluding hydrogens is 220 g/mol. The molecule has 0 saturated carbocycles. The molecule has 1 aliphatic rings. The highest BCUT2D eigenvalue weighted by Gasteiger charge is 2.17. The second kappa shape index (κ2) is 6.91. The fourth-order valence-electron chi connectivity index (χ4n) is 2.86. The van der Waals surface area contributed by atoms with E-state index in [1.165, 1.54) is 43.4 Å². The molecule has 18 heavy (non-hydrogen) atoms. The average molecular weight is 246 g/mol. The predicted molar refractivity (Wildman–Crippen MR) is 77.5 cm³/mol. The molecule has 0 amide bonds. The Hall–Kier alpha value is -0.860. The first kappa shape index (κ1) is 13.6. The third-order valence-corrected chi connectivity index (χ3v) is 4.05. The summed E-state index contributed by atoms with van der Waals surface area (Å²) in [6.45, 7) is 5.72. The summed E-state index contributed by atoms with van der Waals surface area (Å²) in [5, 5.41) is 3.27. The van der Waals surface area contributed by atoms with Crippen molar-refractivity contribution in [1.82, 2.24) is 10.2 Å². The topological polar surface area (TPSA) is 15.3 Å². The van der Waals surface area contributed by atoms with E-state index in [-0.39, 0.29) is 0 Å². The SMILES string of the molecule is CNCc1ccccc1CN1CCCCCC1C. The van der Waals surface area contributed by atoms with Crippen LogP contribution in [0.15, 0.2) is 24.3 Å². The van der Waals surface area contributed by atoms with Crippen LogP contribution in [0.2, 0.25) is 0 Å². The van der Waals surface area contributed by atoms with Crippen LogP contribution < -0.4 is 5.32 Å². The Kier molecular flexibility index (Phi) is 5.21. The quantitative estimate of drug-likeness (QED) is 0.878. The minimum absolute atomic E-state index is 0.732. The van der Waals surface area contributed by atoms with Crippen molar-refractivity contribution in [1.29, 1.82) is 0 Å². The van der Waals surface area contributed by atoms with Crippen LogP contribution in [0.5, 0.6) is 0 Å². The standard InChI is InChI=1S/C16H26N2/c1-14-8-4-3-7-11-18(14)13-16-10-6-5-9-15(16)12-17-2/h5-6,9-10,14,17H,3-4,7-8,11-13H2,1-2H3. The molecule has 0 aliphatic carbocycles. The maximum Gasteiger partial charge on any atom is 0.0239 e. The molecule has 100 valence electrons. The van der Waals surface area contributed by atoms with Crippen molar-refractivity contribution >= 4 is 0 Å². The van der Waals surface area contributed by atoms with Crippen molar-refractivity contribution in [3.8, 4) is 0 Å². The fourth-order valence-corrected chi connectivity index (χ4v) is 2.86. The maximum atomic E-state index is 3.27. The molecule has 1 unspecified atom stereocenters. The molecule has 1 N–H and O–H groups in total. The van der Waals surface area contributed by atoms with Gasteiger partial charge in [-0.3, -0.25) is 4.90 Å². The number of benzene rings is 1. The molecule has 2 rings (SSSR count). The third-order valence-electron chi connectivity index (χ3n) is 4.05. The van der Waals surface area contributed by atoms with Gasteiger partial charge in [0.15, 0.2) is 0 Å². The van der Waals surface area contributed by atoms with E-state index in [2.05, 4.69) is 41.4 Å². The zero-order valence-electron chi connectivity index (χ0n) is 11.8. The van der Waals surface area contributed by atoms with Gasteiger partial charge in [-0.05, 0) is 44.5 Å². The highest BCUT2D eigenvalue weighted by atomic mass is 15.1. The second-order valence-corrected chi connectivity index (χ2v) is 5.47. The molecule has 0 radical (unpaired) electrons. The van der Waals surface area contributed by atoms with Crippen LogP contribution in [-0.4, -0.2) is 24.5 Å². The maximum absolute atomic E-state index is 3.27. The van der Waals surface area contributed by atoms with E-state index in [1.807, 2.05) is 7.05 Å². The van der Waals surface area contributed by atoms with E-state index in [9.17, 15) is 0 Å². The smallest absolute Gasteiger partial charge is 0.0239 e. The summed E-state index contributed by atoms with van der Waals surface area (Å²) in [7, 11) is 2.02. The first-order chi connectivity index (χ1) is 8.81. The van der Waals surface area contributed by atoms with Gasteiger partial charge in [0.05, 0.1) is 0 Å². The molecule has 1 saturated heterocycles. The van der Waals surface area contributed by atoms with Crippen LogP contribution in [0, 0.1) is 0 Å². The third kappa shape index (κ3) is 3.56. The summed E-state index contributed by atoms with van der Waals surface area (Å²) in [6.07, 6.45) is 5.52. The van der Waals surface area contributed by atoms with Crippen LogP contribution in [0.4, 0.5) is 0 Å². The van der Waals surface area contributed by atoms with E-state index in [0.29, 0.717) is 0 Å². The predicted octanol–water partition coefficient (Wildman–Crippen LogP) is 3.17. The summed E-state index contributed by atoms with van der Waals surface area (Å²) < 4.78 is 0. The lowest BCUT2D eigenvalue weighted by molar-refractivity contribution is 0.204. The van der Waals surface area contributed by atoms with Crippen LogP contribution in [0.1, 0.15) is 43.7 Å². The summed E-state index contributed by atoms with van der Waals surface area (Å²) >= 11 is 0. The molecule has 1 heterocycles. The van der Waals surface area contributed by atoms with E-state index in [1.54, 1.807) is 0 Å². The van der Waals surface area contributed by atoms with Crippen molar-refractivity contribution in [3.05, 3.63) is 35.4 Å². The van der Waals surface area contributed by atoms with Crippen LogP contribution >= 0.6 is 0 Å². The van der Waals surface area contributed by atoms with Gasteiger partial charge in [0.25, 0.3) is 0 Å². The molecule has 0 spiro atoms. The van der Waals surface area contributed by atoms with Gasteiger partial charge in [0, 0.05) is 19.1 Å². The van der Waals surface area contributed by atoms with Gasteiger partial charge in [-0.25, -0.2) is 0 Å². The number of likely N-dealkylation sites (tertiary alicyclic amines) is 1. The Labute approximate surface area is 111 Å². The first-order valence-electron chi connectivity index (χ1n) is 7.26. The molecule has 1 aliphatic heterocycles. The van der Waals surface area contributed by atoms with E-state index in [4.69, 9.17) is 0 Å². The molecule has 1 fully saturated rings. The summed E-state index contributed by atoms with van der Waals surface area (Å²) in [6, 6.07) is 9.56. The van der Waals surface area contributed by atoms with Gasteiger partial charge in [0.2, 0.25) is 0 Å². The lowest BCUT2D eigenvalue weighted by atomic mass is 10.1. The monoisotopic (exact) mass is 246 g/mol. The van der Waals surface area contributed by atoms with Crippen LogP contribution in [0.3, 0.4) is 0 Å². The summed E-state index contributed by atoms with van der Waals surface area (Å²) in [5.74, 6) is 0. The van der Waals surface area contributed by atoms with Gasteiger partial charge in [-0.1, -0.05) is 37.1 Å². The van der Waals surface area contributed by atoms with Gasteiger partial charge in [0.1, 0.15) is 0 Å². The second-order valence-electron chi connectivity index (χ2n) is 5.47. The minimum Gasteiger partial charge on any atom is -0.316 e. The highest BCUT2D eigenvalue weighted by Crippen LogP contribution is 2.20.